The van der Waals surface area contributed by atoms with Gasteiger partial charge in [-0.2, -0.15) is 0 Å². The molecule has 1 aliphatic carbocycles. The Morgan fingerprint density at radius 2 is 0.444 bits per heavy atom. The predicted molar refractivity (Wildman–Crippen MR) is 407 cm³/mol. The van der Waals surface area contributed by atoms with Crippen LogP contribution in [0.2, 0.25) is 0 Å². The van der Waals surface area contributed by atoms with Crippen LogP contribution in [0, 0.1) is 0 Å². The number of benzene rings is 12. The largest absolute Gasteiger partial charge is 0.478 e. The second-order valence-corrected chi connectivity index (χ2v) is 24.8. The molecule has 0 radical (unpaired) electrons. The van der Waals surface area contributed by atoms with Crippen LogP contribution in [0.1, 0.15) is 66.3 Å². The van der Waals surface area contributed by atoms with Gasteiger partial charge in [0.05, 0.1) is 50.5 Å². The Hall–Kier alpha value is -13.3. The van der Waals surface area contributed by atoms with Crippen LogP contribution in [0.4, 0.5) is 0 Å². The van der Waals surface area contributed by atoms with E-state index in [1.165, 1.54) is 0 Å². The smallest absolute Gasteiger partial charge is 0.335 e. The van der Waals surface area contributed by atoms with Gasteiger partial charge in [-0.25, -0.2) is 14.8 Å². The van der Waals surface area contributed by atoms with E-state index in [0.29, 0.717) is 5.70 Å². The number of nitrogens with zero attached hydrogens (tertiary/aromatic N) is 2. The third-order valence-electron chi connectivity index (χ3n) is 18.9. The number of nitrogens with one attached hydrogen (secondary N) is 2. The molecule has 0 fully saturated rings. The Morgan fingerprint density at radius 1 is 0.222 bits per heavy atom. The zero-order chi connectivity index (χ0) is 66.2. The van der Waals surface area contributed by atoms with Crippen LogP contribution in [-0.2, 0) is 0 Å². The molecule has 17 rings (SSSR count). The molecule has 2 aliphatic heterocycles. The fourth-order valence-electron chi connectivity index (χ4n) is 14.7. The summed E-state index contributed by atoms with van der Waals surface area (Å²) in [7, 11) is 0. The second-order valence-electron chi connectivity index (χ2n) is 24.8. The van der Waals surface area contributed by atoms with Crippen LogP contribution in [0.3, 0.4) is 0 Å². The number of carbonyl (C=O) groups is 1. The molecule has 8 bridgehead atoms. The SMILES string of the molecule is O=C(O)c1ccc(C2=C3N=C(C(c4ccccc4)=C3c3ccccc3)C(c3ccccc3)=c3[nH]c(c(-c4ccccc4)c3-c3ccccc3)=C(c3ccccc3)C3=NC(=C(c4ccccc4)c4[nH]c2c(-c2ccccc2)c4-c2ccccc2)C(c2ccccc2)=C3c2ccccc2)cc1. The topological polar surface area (TPSA) is 93.6 Å². The second kappa shape index (κ2) is 25.8. The van der Waals surface area contributed by atoms with Crippen molar-refractivity contribution in [3.05, 3.63) is 441 Å². The van der Waals surface area contributed by atoms with E-state index in [1.807, 2.05) is 12.1 Å². The van der Waals surface area contributed by atoms with Crippen LogP contribution >= 0.6 is 0 Å². The van der Waals surface area contributed by atoms with Crippen molar-refractivity contribution in [2.24, 2.45) is 9.98 Å². The van der Waals surface area contributed by atoms with Crippen LogP contribution in [-0.4, -0.2) is 32.5 Å². The molecular weight excluding hydrogens is 1210 g/mol. The Balaban J connectivity index is 1.24. The summed E-state index contributed by atoms with van der Waals surface area (Å²) >= 11 is 0. The van der Waals surface area contributed by atoms with E-state index in [9.17, 15) is 9.90 Å². The minimum absolute atomic E-state index is 0.162. The predicted octanol–water partition coefficient (Wildman–Crippen LogP) is 20.5. The number of fused-ring (bicyclic) bond motifs is 10. The molecule has 0 saturated heterocycles. The number of hydrogen-bond donors (Lipinski definition) is 3. The Kier molecular flexibility index (Phi) is 15.5. The maximum absolute atomic E-state index is 13.1. The van der Waals surface area contributed by atoms with Crippen molar-refractivity contribution < 1.29 is 9.90 Å². The van der Waals surface area contributed by atoms with Gasteiger partial charge in [0, 0.05) is 66.8 Å². The number of carboxylic acid groups (broad SMARTS) is 1. The lowest BCUT2D eigenvalue weighted by molar-refractivity contribution is 0.0696. The highest BCUT2D eigenvalue weighted by Gasteiger charge is 2.39. The fraction of sp³-hybridized carbons (Fsp3) is 0. The summed E-state index contributed by atoms with van der Waals surface area (Å²) < 4.78 is 0. The quantitative estimate of drug-likeness (QED) is 0.107. The van der Waals surface area contributed by atoms with Gasteiger partial charge in [0.2, 0.25) is 0 Å². The minimum Gasteiger partial charge on any atom is -0.478 e. The van der Waals surface area contributed by atoms with Gasteiger partial charge in [-0.15, -0.1) is 0 Å². The molecule has 4 heterocycles. The lowest BCUT2D eigenvalue weighted by Gasteiger charge is -2.17. The lowest BCUT2D eigenvalue weighted by atomic mass is 9.83. The van der Waals surface area contributed by atoms with Gasteiger partial charge in [-0.1, -0.05) is 346 Å². The number of H-pyrrole nitrogens is 2. The third-order valence-corrected chi connectivity index (χ3v) is 18.9. The van der Waals surface area contributed by atoms with Gasteiger partial charge in [-0.05, 0) is 78.9 Å². The molecule has 6 heteroatoms. The number of carboxylic acids is 1. The van der Waals surface area contributed by atoms with E-state index in [0.717, 1.165) is 173 Å². The number of aromatic nitrogens is 2. The number of aromatic carboxylic acids is 1. The molecule has 0 spiro atoms. The summed E-state index contributed by atoms with van der Waals surface area (Å²) in [6.07, 6.45) is 0. The molecule has 6 nitrogen and oxygen atoms in total. The van der Waals surface area contributed by atoms with Crippen molar-refractivity contribution >= 4 is 62.0 Å². The van der Waals surface area contributed by atoms with Gasteiger partial charge in [-0.3, -0.25) is 0 Å². The summed E-state index contributed by atoms with van der Waals surface area (Å²) in [6.45, 7) is 0. The zero-order valence-electron chi connectivity index (χ0n) is 53.8. The molecule has 0 unspecified atom stereocenters. The number of hydrogen-bond acceptors (Lipinski definition) is 3. The molecule has 2 aromatic heterocycles. The maximum atomic E-state index is 13.1. The monoisotopic (exact) mass is 1270 g/mol. The van der Waals surface area contributed by atoms with Crippen molar-refractivity contribution in [3.8, 4) is 44.5 Å². The van der Waals surface area contributed by atoms with Crippen LogP contribution in [0.5, 0.6) is 0 Å². The Labute approximate surface area is 574 Å². The number of aromatic amines is 2. The van der Waals surface area contributed by atoms with Gasteiger partial charge in [0.15, 0.2) is 0 Å². The Bertz CT molecular complexity index is 5740. The molecule has 14 aromatic rings. The molecular formula is C93H62N4O2. The van der Waals surface area contributed by atoms with E-state index in [-0.39, 0.29) is 5.56 Å². The molecule has 99 heavy (non-hydrogen) atoms. The van der Waals surface area contributed by atoms with E-state index >= 15 is 0 Å². The summed E-state index contributed by atoms with van der Waals surface area (Å²) in [5.74, 6) is -1.02. The Morgan fingerprint density at radius 3 is 0.717 bits per heavy atom. The highest BCUT2D eigenvalue weighted by molar-refractivity contribution is 6.53. The summed E-state index contributed by atoms with van der Waals surface area (Å²) in [5, 5.41) is 12.5. The number of rotatable bonds is 13. The van der Waals surface area contributed by atoms with Gasteiger partial charge < -0.3 is 15.1 Å². The van der Waals surface area contributed by atoms with Crippen LogP contribution in [0.15, 0.2) is 379 Å². The average Bonchev–Trinajstić information content (AvgIpc) is 1.55. The van der Waals surface area contributed by atoms with E-state index in [2.05, 4.69) is 344 Å². The molecule has 466 valence electrons. The maximum Gasteiger partial charge on any atom is 0.335 e. The fourth-order valence-corrected chi connectivity index (χ4v) is 14.7. The summed E-state index contributed by atoms with van der Waals surface area (Å²) in [5.41, 5.74) is 27.0. The van der Waals surface area contributed by atoms with Crippen molar-refractivity contribution in [3.63, 3.8) is 0 Å². The molecule has 0 saturated carbocycles. The van der Waals surface area contributed by atoms with Crippen molar-refractivity contribution in [2.45, 2.75) is 0 Å². The van der Waals surface area contributed by atoms with Crippen LogP contribution in [0.25, 0.3) is 89.1 Å². The van der Waals surface area contributed by atoms with Gasteiger partial charge in [0.1, 0.15) is 0 Å². The average molecular weight is 1270 g/mol. The first-order valence-corrected chi connectivity index (χ1v) is 33.4. The first kappa shape index (κ1) is 59.5. The molecule has 0 atom stereocenters. The zero-order valence-corrected chi connectivity index (χ0v) is 53.8. The van der Waals surface area contributed by atoms with E-state index in [1.54, 1.807) is 12.1 Å². The van der Waals surface area contributed by atoms with Crippen molar-refractivity contribution in [2.75, 3.05) is 0 Å². The number of aliphatic imine (C=N–C) groups is 2. The van der Waals surface area contributed by atoms with Gasteiger partial charge in [0.25, 0.3) is 0 Å². The van der Waals surface area contributed by atoms with Gasteiger partial charge >= 0.3 is 5.97 Å². The van der Waals surface area contributed by atoms with Crippen molar-refractivity contribution in [1.29, 1.82) is 0 Å². The lowest BCUT2D eigenvalue weighted by Crippen LogP contribution is -2.23. The van der Waals surface area contributed by atoms with E-state index in [4.69, 9.17) is 9.98 Å². The first-order valence-electron chi connectivity index (χ1n) is 33.4. The molecule has 12 aromatic carbocycles. The molecule has 3 N–H and O–H groups in total. The normalized spacial score (nSPS) is 13.7. The third kappa shape index (κ3) is 10.7. The summed E-state index contributed by atoms with van der Waals surface area (Å²) in [4.78, 5) is 34.8. The minimum atomic E-state index is -1.02. The highest BCUT2D eigenvalue weighted by atomic mass is 16.4. The standard InChI is InChI=1S/C93H62N4O2/c98-93(99)72-58-56-71(57-59-72)84-91-79(66-46-24-7-25-47-66)77(64-42-20-5-21-43-64)89(96-91)82(69-52-30-10-31-53-69)87-75(62-38-16-3-17-39-62)73(60-34-12-1-13-35-60)85(94-87)81(68-50-28-9-29-51-68)86-74(61-36-14-2-15-37-61)76(63-40-18-4-19-41-63)88(95-86)83(70-54-32-11-33-55-70)90-78(65-44-22-6-23-45-65)80(92(84)97-90)67-48-26-8-27-49-67/h1-59,94,97H,(H,98,99). The number of allylic oxidation sites excluding steroid dienone is 4. The summed E-state index contributed by atoms with van der Waals surface area (Å²) in [6, 6.07) is 125. The first-order chi connectivity index (χ1) is 49.0. The van der Waals surface area contributed by atoms with Crippen molar-refractivity contribution in [1.82, 2.24) is 9.97 Å². The van der Waals surface area contributed by atoms with Crippen LogP contribution < -0.4 is 10.7 Å². The molecule has 3 aliphatic rings. The van der Waals surface area contributed by atoms with E-state index < -0.39 is 5.97 Å². The molecule has 0 amide bonds. The highest BCUT2D eigenvalue weighted by Crippen LogP contribution is 2.54.